The third-order valence-electron chi connectivity index (χ3n) is 3.49. The molecule has 0 bridgehead atoms. The van der Waals surface area contributed by atoms with Crippen LogP contribution < -0.4 is 5.32 Å². The number of nitrogens with one attached hydrogen (secondary N) is 1. The van der Waals surface area contributed by atoms with Crippen molar-refractivity contribution in [2.24, 2.45) is 0 Å². The number of para-hydroxylation sites is 1. The van der Waals surface area contributed by atoms with Gasteiger partial charge in [0.1, 0.15) is 5.01 Å². The quantitative estimate of drug-likeness (QED) is 0.791. The van der Waals surface area contributed by atoms with Gasteiger partial charge in [-0.1, -0.05) is 12.1 Å². The minimum atomic E-state index is 0.597. The highest BCUT2D eigenvalue weighted by Gasteiger charge is 2.12. The van der Waals surface area contributed by atoms with Crippen LogP contribution in [0.2, 0.25) is 0 Å². The second kappa shape index (κ2) is 7.16. The van der Waals surface area contributed by atoms with E-state index in [2.05, 4.69) is 61.1 Å². The van der Waals surface area contributed by atoms with E-state index in [9.17, 15) is 0 Å². The zero-order chi connectivity index (χ0) is 14.5. The molecular weight excluding hydrogens is 266 g/mol. The molecule has 0 saturated carbocycles. The monoisotopic (exact) mass is 291 g/mol. The lowest BCUT2D eigenvalue weighted by Gasteiger charge is -2.30. The Morgan fingerprint density at radius 3 is 2.50 bits per heavy atom. The average molecular weight is 291 g/mol. The fraction of sp³-hybridized carbons (Fsp3) is 0.562. The third-order valence-corrected chi connectivity index (χ3v) is 4.52. The summed E-state index contributed by atoms with van der Waals surface area (Å²) in [4.78, 5) is 7.15. The maximum absolute atomic E-state index is 4.64. The number of thiazole rings is 1. The molecule has 0 aliphatic carbocycles. The molecule has 0 atom stereocenters. The molecule has 0 unspecified atom stereocenters. The van der Waals surface area contributed by atoms with Gasteiger partial charge < -0.3 is 5.32 Å². The van der Waals surface area contributed by atoms with Gasteiger partial charge in [-0.25, -0.2) is 4.98 Å². The Morgan fingerprint density at radius 1 is 1.15 bits per heavy atom. The van der Waals surface area contributed by atoms with E-state index in [-0.39, 0.29) is 0 Å². The van der Waals surface area contributed by atoms with Gasteiger partial charge in [-0.05, 0) is 39.8 Å². The largest absolute Gasteiger partial charge is 0.309 e. The highest BCUT2D eigenvalue weighted by atomic mass is 32.1. The predicted molar refractivity (Wildman–Crippen MR) is 88.3 cm³/mol. The molecule has 4 heteroatoms. The second-order valence-electron chi connectivity index (χ2n) is 5.68. The van der Waals surface area contributed by atoms with Gasteiger partial charge in [-0.2, -0.15) is 0 Å². The summed E-state index contributed by atoms with van der Waals surface area (Å²) in [6, 6.07) is 9.52. The highest BCUT2D eigenvalue weighted by Crippen LogP contribution is 2.21. The summed E-state index contributed by atoms with van der Waals surface area (Å²) in [5, 5.41) is 4.68. The van der Waals surface area contributed by atoms with Crippen LogP contribution in [0.25, 0.3) is 10.2 Å². The molecule has 2 aromatic rings. The minimum absolute atomic E-state index is 0.597. The maximum Gasteiger partial charge on any atom is 0.108 e. The lowest BCUT2D eigenvalue weighted by Crippen LogP contribution is -2.41. The fourth-order valence-corrected chi connectivity index (χ4v) is 3.45. The minimum Gasteiger partial charge on any atom is -0.309 e. The molecule has 20 heavy (non-hydrogen) atoms. The number of rotatable bonds is 7. The van der Waals surface area contributed by atoms with Crippen LogP contribution in [0, 0.1) is 0 Å². The molecule has 3 nitrogen and oxygen atoms in total. The van der Waals surface area contributed by atoms with Crippen molar-refractivity contribution in [1.29, 1.82) is 0 Å². The summed E-state index contributed by atoms with van der Waals surface area (Å²) < 4.78 is 1.27. The van der Waals surface area contributed by atoms with Crippen LogP contribution in [0.4, 0.5) is 0 Å². The van der Waals surface area contributed by atoms with Gasteiger partial charge in [0.05, 0.1) is 10.2 Å². The average Bonchev–Trinajstić information content (AvgIpc) is 2.80. The molecule has 0 radical (unpaired) electrons. The van der Waals surface area contributed by atoms with Crippen LogP contribution in [-0.4, -0.2) is 35.1 Å². The molecule has 1 aromatic heterocycles. The second-order valence-corrected chi connectivity index (χ2v) is 6.79. The van der Waals surface area contributed by atoms with Gasteiger partial charge in [0.2, 0.25) is 0 Å². The van der Waals surface area contributed by atoms with Gasteiger partial charge in [0.25, 0.3) is 0 Å². The fourth-order valence-electron chi connectivity index (χ4n) is 2.51. The van der Waals surface area contributed by atoms with Crippen molar-refractivity contribution < 1.29 is 0 Å². The Balaban J connectivity index is 1.81. The Hall–Kier alpha value is -0.970. The summed E-state index contributed by atoms with van der Waals surface area (Å²) in [6.45, 7) is 12.0. The number of hydrogen-bond acceptors (Lipinski definition) is 4. The SMILES string of the molecule is CC(C)N(CCNCc1nc2ccccc2s1)C(C)C. The van der Waals surface area contributed by atoms with Crippen LogP contribution in [0.3, 0.4) is 0 Å². The Labute approximate surface area is 126 Å². The van der Waals surface area contributed by atoms with Gasteiger partial charge in [-0.15, -0.1) is 11.3 Å². The van der Waals surface area contributed by atoms with Gasteiger partial charge in [-0.3, -0.25) is 4.90 Å². The normalized spacial score (nSPS) is 12.2. The van der Waals surface area contributed by atoms with E-state index < -0.39 is 0 Å². The first-order valence-electron chi connectivity index (χ1n) is 7.39. The van der Waals surface area contributed by atoms with Crippen LogP contribution in [0.15, 0.2) is 24.3 Å². The van der Waals surface area contributed by atoms with Crippen molar-refractivity contribution in [1.82, 2.24) is 15.2 Å². The molecule has 0 aliphatic heterocycles. The van der Waals surface area contributed by atoms with Crippen molar-refractivity contribution in [3.63, 3.8) is 0 Å². The van der Waals surface area contributed by atoms with Crippen molar-refractivity contribution in [2.75, 3.05) is 13.1 Å². The summed E-state index contributed by atoms with van der Waals surface area (Å²) >= 11 is 1.78. The molecule has 110 valence electrons. The van der Waals surface area contributed by atoms with E-state index in [1.165, 1.54) is 9.71 Å². The molecule has 2 rings (SSSR count). The standard InChI is InChI=1S/C16H25N3S/c1-12(2)19(13(3)4)10-9-17-11-16-18-14-7-5-6-8-15(14)20-16/h5-8,12-13,17H,9-11H2,1-4H3. The van der Waals surface area contributed by atoms with E-state index in [0.717, 1.165) is 25.2 Å². The van der Waals surface area contributed by atoms with E-state index >= 15 is 0 Å². The number of benzene rings is 1. The maximum atomic E-state index is 4.64. The number of aromatic nitrogens is 1. The lowest BCUT2D eigenvalue weighted by molar-refractivity contribution is 0.176. The van der Waals surface area contributed by atoms with Crippen molar-refractivity contribution in [2.45, 2.75) is 46.3 Å². The van der Waals surface area contributed by atoms with Gasteiger partial charge in [0.15, 0.2) is 0 Å². The Bertz CT molecular complexity index is 492. The predicted octanol–water partition coefficient (Wildman–Crippen LogP) is 3.50. The van der Waals surface area contributed by atoms with E-state index in [4.69, 9.17) is 0 Å². The van der Waals surface area contributed by atoms with Crippen LogP contribution in [-0.2, 0) is 6.54 Å². The number of hydrogen-bond donors (Lipinski definition) is 1. The lowest BCUT2D eigenvalue weighted by atomic mass is 10.2. The first kappa shape index (κ1) is 15.4. The first-order chi connectivity index (χ1) is 9.58. The Morgan fingerprint density at radius 2 is 1.85 bits per heavy atom. The number of nitrogens with zero attached hydrogens (tertiary/aromatic N) is 2. The molecule has 0 amide bonds. The molecule has 1 N–H and O–H groups in total. The van der Waals surface area contributed by atoms with Crippen molar-refractivity contribution in [3.8, 4) is 0 Å². The molecule has 0 spiro atoms. The molecular formula is C16H25N3S. The zero-order valence-corrected chi connectivity index (χ0v) is 13.7. The van der Waals surface area contributed by atoms with E-state index in [1.54, 1.807) is 11.3 Å². The molecule has 1 heterocycles. The molecule has 0 aliphatic rings. The van der Waals surface area contributed by atoms with Crippen molar-refractivity contribution >= 4 is 21.6 Å². The van der Waals surface area contributed by atoms with E-state index in [1.807, 2.05) is 6.07 Å². The first-order valence-corrected chi connectivity index (χ1v) is 8.20. The van der Waals surface area contributed by atoms with E-state index in [0.29, 0.717) is 12.1 Å². The summed E-state index contributed by atoms with van der Waals surface area (Å²) in [7, 11) is 0. The summed E-state index contributed by atoms with van der Waals surface area (Å²) in [5.74, 6) is 0. The van der Waals surface area contributed by atoms with Crippen molar-refractivity contribution in [3.05, 3.63) is 29.3 Å². The van der Waals surface area contributed by atoms with Gasteiger partial charge >= 0.3 is 0 Å². The van der Waals surface area contributed by atoms with Crippen LogP contribution >= 0.6 is 11.3 Å². The Kier molecular flexibility index (Phi) is 5.52. The number of fused-ring (bicyclic) bond motifs is 1. The zero-order valence-electron chi connectivity index (χ0n) is 12.9. The van der Waals surface area contributed by atoms with Crippen LogP contribution in [0.5, 0.6) is 0 Å². The van der Waals surface area contributed by atoms with Crippen LogP contribution in [0.1, 0.15) is 32.7 Å². The molecule has 1 aromatic carbocycles. The highest BCUT2D eigenvalue weighted by molar-refractivity contribution is 7.18. The molecule has 0 saturated heterocycles. The smallest absolute Gasteiger partial charge is 0.108 e. The topological polar surface area (TPSA) is 28.2 Å². The summed E-state index contributed by atoms with van der Waals surface area (Å²) in [5.41, 5.74) is 1.11. The van der Waals surface area contributed by atoms with Gasteiger partial charge in [0, 0.05) is 31.7 Å². The molecule has 0 fully saturated rings. The summed E-state index contributed by atoms with van der Waals surface area (Å²) in [6.07, 6.45) is 0. The third kappa shape index (κ3) is 4.01.